The lowest BCUT2D eigenvalue weighted by Gasteiger charge is -2.21. The van der Waals surface area contributed by atoms with Gasteiger partial charge in [0, 0.05) is 0 Å². The Hall–Kier alpha value is -1.42. The second-order valence-electron chi connectivity index (χ2n) is 4.21. The zero-order valence-electron chi connectivity index (χ0n) is 9.80. The maximum Gasteiger partial charge on any atom is 0.244 e. The van der Waals surface area contributed by atoms with Crippen molar-refractivity contribution in [1.29, 1.82) is 0 Å². The molecule has 0 radical (unpaired) electrons. The minimum absolute atomic E-state index is 0.176. The molecule has 1 rings (SSSR count). The molecule has 0 fully saturated rings. The van der Waals surface area contributed by atoms with Crippen LogP contribution in [0, 0.1) is 12.7 Å². The largest absolute Gasteiger partial charge is 0.322 e. The molecule has 0 spiro atoms. The van der Waals surface area contributed by atoms with Crippen LogP contribution in [0.5, 0.6) is 0 Å². The van der Waals surface area contributed by atoms with Crippen molar-refractivity contribution in [2.45, 2.75) is 32.7 Å². The van der Waals surface area contributed by atoms with E-state index >= 15 is 0 Å². The minimum Gasteiger partial charge on any atom is -0.322 e. The summed E-state index contributed by atoms with van der Waals surface area (Å²) in [5, 5.41) is 2.50. The third kappa shape index (κ3) is 2.79. The Balaban J connectivity index is 2.89. The summed E-state index contributed by atoms with van der Waals surface area (Å²) in [7, 11) is 0. The average Bonchev–Trinajstić information content (AvgIpc) is 2.23. The summed E-state index contributed by atoms with van der Waals surface area (Å²) in [6.45, 7) is 5.26. The molecule has 4 heteroatoms. The molecule has 1 aromatic rings. The molecule has 0 heterocycles. The smallest absolute Gasteiger partial charge is 0.244 e. The first-order valence-electron chi connectivity index (χ1n) is 5.23. The molecule has 0 aliphatic rings. The molecule has 16 heavy (non-hydrogen) atoms. The maximum absolute atomic E-state index is 13.4. The molecule has 0 aromatic heterocycles. The highest BCUT2D eigenvalue weighted by Gasteiger charge is 2.26. The van der Waals surface area contributed by atoms with Crippen LogP contribution in [0.15, 0.2) is 18.2 Å². The summed E-state index contributed by atoms with van der Waals surface area (Å²) in [6.07, 6.45) is 0.492. The Morgan fingerprint density at radius 3 is 2.75 bits per heavy atom. The highest BCUT2D eigenvalue weighted by atomic mass is 19.1. The predicted molar refractivity (Wildman–Crippen MR) is 62.7 cm³/mol. The van der Waals surface area contributed by atoms with Crippen molar-refractivity contribution in [2.75, 3.05) is 5.32 Å². The van der Waals surface area contributed by atoms with Crippen molar-refractivity contribution in [3.63, 3.8) is 0 Å². The lowest BCUT2D eigenvalue weighted by molar-refractivity contribution is -0.120. The predicted octanol–water partition coefficient (Wildman–Crippen LogP) is 2.20. The summed E-state index contributed by atoms with van der Waals surface area (Å²) in [6, 6.07) is 4.55. The number of amides is 1. The average molecular weight is 224 g/mol. The number of benzene rings is 1. The van der Waals surface area contributed by atoms with E-state index in [2.05, 4.69) is 5.32 Å². The van der Waals surface area contributed by atoms with Gasteiger partial charge in [-0.1, -0.05) is 13.0 Å². The van der Waals surface area contributed by atoms with E-state index in [1.54, 1.807) is 19.1 Å². The Morgan fingerprint density at radius 1 is 1.56 bits per heavy atom. The monoisotopic (exact) mass is 224 g/mol. The number of carbonyl (C=O) groups is 1. The van der Waals surface area contributed by atoms with Crippen molar-refractivity contribution in [3.8, 4) is 0 Å². The third-order valence-electron chi connectivity index (χ3n) is 2.62. The van der Waals surface area contributed by atoms with E-state index in [1.807, 2.05) is 13.8 Å². The van der Waals surface area contributed by atoms with Gasteiger partial charge in [0.1, 0.15) is 5.82 Å². The molecular formula is C12H17FN2O. The molecular weight excluding hydrogens is 207 g/mol. The van der Waals surface area contributed by atoms with Gasteiger partial charge in [-0.25, -0.2) is 4.39 Å². The van der Waals surface area contributed by atoms with Gasteiger partial charge in [0.15, 0.2) is 0 Å². The second-order valence-corrected chi connectivity index (χ2v) is 4.21. The Morgan fingerprint density at radius 2 is 2.19 bits per heavy atom. The molecule has 0 aliphatic carbocycles. The van der Waals surface area contributed by atoms with Crippen LogP contribution in [-0.4, -0.2) is 11.4 Å². The van der Waals surface area contributed by atoms with Crippen LogP contribution < -0.4 is 11.1 Å². The number of nitrogens with two attached hydrogens (primary N) is 1. The van der Waals surface area contributed by atoms with Crippen molar-refractivity contribution in [3.05, 3.63) is 29.6 Å². The number of nitrogens with one attached hydrogen (secondary N) is 1. The van der Waals surface area contributed by atoms with Gasteiger partial charge in [-0.05, 0) is 38.0 Å². The van der Waals surface area contributed by atoms with E-state index in [9.17, 15) is 9.18 Å². The number of aryl methyl sites for hydroxylation is 1. The Labute approximate surface area is 94.8 Å². The summed E-state index contributed by atoms with van der Waals surface area (Å²) in [5.74, 6) is -0.828. The summed E-state index contributed by atoms with van der Waals surface area (Å²) >= 11 is 0. The van der Waals surface area contributed by atoms with Crippen LogP contribution in [0.4, 0.5) is 10.1 Å². The van der Waals surface area contributed by atoms with Crippen molar-refractivity contribution in [1.82, 2.24) is 0 Å². The number of rotatable bonds is 3. The molecule has 1 amide bonds. The molecule has 0 saturated heterocycles. The molecule has 3 nitrogen and oxygen atoms in total. The van der Waals surface area contributed by atoms with E-state index in [1.165, 1.54) is 6.07 Å². The maximum atomic E-state index is 13.4. The number of hydrogen-bond donors (Lipinski definition) is 2. The molecule has 0 aliphatic heterocycles. The fourth-order valence-corrected chi connectivity index (χ4v) is 1.16. The van der Waals surface area contributed by atoms with Gasteiger partial charge in [-0.15, -0.1) is 0 Å². The van der Waals surface area contributed by atoms with Crippen LogP contribution in [0.1, 0.15) is 25.8 Å². The number of anilines is 1. The SMILES string of the molecule is CCC(C)(N)C(=O)Nc1cc(C)ccc1F. The molecule has 1 atom stereocenters. The summed E-state index contributed by atoms with van der Waals surface area (Å²) in [5.41, 5.74) is 5.84. The first-order chi connectivity index (χ1) is 7.36. The normalized spacial score (nSPS) is 14.3. The Kier molecular flexibility index (Phi) is 3.65. The van der Waals surface area contributed by atoms with E-state index in [0.29, 0.717) is 6.42 Å². The number of halogens is 1. The Bertz CT molecular complexity index is 402. The summed E-state index contributed by atoms with van der Waals surface area (Å²) in [4.78, 5) is 11.7. The van der Waals surface area contributed by atoms with Gasteiger partial charge in [0.05, 0.1) is 11.2 Å². The molecule has 1 unspecified atom stereocenters. The summed E-state index contributed by atoms with van der Waals surface area (Å²) < 4.78 is 13.4. The standard InChI is InChI=1S/C12H17FN2O/c1-4-12(3,14)11(16)15-10-7-8(2)5-6-9(10)13/h5-7H,4,14H2,1-3H3,(H,15,16). The van der Waals surface area contributed by atoms with Gasteiger partial charge in [0.25, 0.3) is 0 Å². The van der Waals surface area contributed by atoms with E-state index in [4.69, 9.17) is 5.73 Å². The molecule has 3 N–H and O–H groups in total. The van der Waals surface area contributed by atoms with E-state index in [-0.39, 0.29) is 11.6 Å². The quantitative estimate of drug-likeness (QED) is 0.827. The second kappa shape index (κ2) is 4.61. The van der Waals surface area contributed by atoms with E-state index < -0.39 is 11.4 Å². The highest BCUT2D eigenvalue weighted by molar-refractivity contribution is 5.97. The van der Waals surface area contributed by atoms with Gasteiger partial charge < -0.3 is 11.1 Å². The minimum atomic E-state index is -0.976. The highest BCUT2D eigenvalue weighted by Crippen LogP contribution is 2.17. The molecule has 88 valence electrons. The van der Waals surface area contributed by atoms with Crippen LogP contribution in [-0.2, 0) is 4.79 Å². The number of hydrogen-bond acceptors (Lipinski definition) is 2. The van der Waals surface area contributed by atoms with Crippen LogP contribution >= 0.6 is 0 Å². The first-order valence-corrected chi connectivity index (χ1v) is 5.23. The van der Waals surface area contributed by atoms with Crippen molar-refractivity contribution in [2.24, 2.45) is 5.73 Å². The lowest BCUT2D eigenvalue weighted by atomic mass is 9.99. The van der Waals surface area contributed by atoms with Gasteiger partial charge >= 0.3 is 0 Å². The molecule has 0 saturated carbocycles. The topological polar surface area (TPSA) is 55.1 Å². The molecule has 1 aromatic carbocycles. The van der Waals surface area contributed by atoms with Gasteiger partial charge in [-0.3, -0.25) is 4.79 Å². The number of carbonyl (C=O) groups excluding carboxylic acids is 1. The molecule has 0 bridgehead atoms. The third-order valence-corrected chi connectivity index (χ3v) is 2.62. The zero-order chi connectivity index (χ0) is 12.3. The lowest BCUT2D eigenvalue weighted by Crippen LogP contribution is -2.47. The van der Waals surface area contributed by atoms with E-state index in [0.717, 1.165) is 5.56 Å². The van der Waals surface area contributed by atoms with Gasteiger partial charge in [0.2, 0.25) is 5.91 Å². The fourth-order valence-electron chi connectivity index (χ4n) is 1.16. The van der Waals surface area contributed by atoms with Crippen LogP contribution in [0.2, 0.25) is 0 Å². The fraction of sp³-hybridized carbons (Fsp3) is 0.417. The van der Waals surface area contributed by atoms with Crippen LogP contribution in [0.25, 0.3) is 0 Å². The van der Waals surface area contributed by atoms with Gasteiger partial charge in [-0.2, -0.15) is 0 Å². The van der Waals surface area contributed by atoms with Crippen LogP contribution in [0.3, 0.4) is 0 Å². The van der Waals surface area contributed by atoms with Crippen molar-refractivity contribution < 1.29 is 9.18 Å². The first kappa shape index (κ1) is 12.6. The van der Waals surface area contributed by atoms with Crippen molar-refractivity contribution >= 4 is 11.6 Å². The zero-order valence-corrected chi connectivity index (χ0v) is 9.80.